The molecule has 7 nitrogen and oxygen atoms in total. The number of benzene rings is 4. The molecule has 1 aliphatic heterocycles. The predicted molar refractivity (Wildman–Crippen MR) is 159 cm³/mol. The van der Waals surface area contributed by atoms with Gasteiger partial charge in [0.05, 0.1) is 15.3 Å². The number of nitrogens with zero attached hydrogens (tertiary/aromatic N) is 2. The zero-order valence-corrected chi connectivity index (χ0v) is 23.9. The number of hydrogen-bond donors (Lipinski definition) is 0. The van der Waals surface area contributed by atoms with Crippen molar-refractivity contribution in [3.05, 3.63) is 137 Å². The number of rotatable bonds is 5. The van der Waals surface area contributed by atoms with Crippen LogP contribution in [0.5, 0.6) is 0 Å². The summed E-state index contributed by atoms with van der Waals surface area (Å²) in [7, 11) is -8.25. The smallest absolute Gasteiger partial charge is 0.268 e. The van der Waals surface area contributed by atoms with Gasteiger partial charge in [-0.15, -0.1) is 0 Å². The Labute approximate surface area is 243 Å². The Morgan fingerprint density at radius 1 is 0.690 bits per heavy atom. The van der Waals surface area contributed by atoms with E-state index in [-0.39, 0.29) is 40.6 Å². The van der Waals surface area contributed by atoms with Crippen LogP contribution in [0, 0.1) is 5.82 Å². The highest BCUT2D eigenvalue weighted by Crippen LogP contribution is 2.35. The van der Waals surface area contributed by atoms with E-state index in [0.29, 0.717) is 22.0 Å². The summed E-state index contributed by atoms with van der Waals surface area (Å²) in [5, 5.41) is 0.542. The van der Waals surface area contributed by atoms with E-state index in [1.54, 1.807) is 60.7 Å². The molecule has 1 aliphatic rings. The fraction of sp³-hybridized carbons (Fsp3) is 0.0938. The number of carbonyl (C=O) groups is 1. The molecule has 212 valence electrons. The molecular formula is C32H25FN2O5S2. The Morgan fingerprint density at radius 2 is 1.26 bits per heavy atom. The van der Waals surface area contributed by atoms with Crippen molar-refractivity contribution >= 4 is 42.8 Å². The summed E-state index contributed by atoms with van der Waals surface area (Å²) in [6.07, 6.45) is 1.59. The fourth-order valence-electron chi connectivity index (χ4n) is 5.25. The second kappa shape index (κ2) is 10.8. The van der Waals surface area contributed by atoms with Gasteiger partial charge in [-0.25, -0.2) is 25.2 Å². The topological polar surface area (TPSA) is 93.5 Å². The lowest BCUT2D eigenvalue weighted by Crippen LogP contribution is -2.38. The molecule has 0 spiro atoms. The van der Waals surface area contributed by atoms with Crippen LogP contribution in [0.2, 0.25) is 0 Å². The van der Waals surface area contributed by atoms with Crippen molar-refractivity contribution in [2.24, 2.45) is 0 Å². The van der Waals surface area contributed by atoms with Crippen LogP contribution in [0.4, 0.5) is 4.39 Å². The first kappa shape index (κ1) is 27.8. The highest BCUT2D eigenvalue weighted by molar-refractivity contribution is 7.90. The second-order valence-corrected chi connectivity index (χ2v) is 13.6. The molecule has 2 heterocycles. The molecule has 5 aromatic rings. The highest BCUT2D eigenvalue weighted by Gasteiger charge is 2.36. The molecule has 0 atom stereocenters. The van der Waals surface area contributed by atoms with E-state index < -0.39 is 31.6 Å². The Hall–Kier alpha value is -4.38. The molecule has 0 bridgehead atoms. The molecule has 0 N–H and O–H groups in total. The van der Waals surface area contributed by atoms with Crippen LogP contribution in [0.15, 0.2) is 125 Å². The molecule has 0 saturated carbocycles. The monoisotopic (exact) mass is 600 g/mol. The molecule has 42 heavy (non-hydrogen) atoms. The van der Waals surface area contributed by atoms with E-state index in [1.807, 2.05) is 0 Å². The standard InChI is InChI=1S/C32H25FN2O5S2/c33-25-17-15-23(16-18-25)21-24-22-34(41(37,38)26-9-3-1-4-10-26)20-19-29-28-13-7-8-14-30(28)35(31(29)32(24)36)42(39,40)27-11-5-2-6-12-27/h1-18,21H,19-20,22H2/b24-21+. The second-order valence-electron chi connectivity index (χ2n) is 9.88. The average Bonchev–Trinajstić information content (AvgIpc) is 3.34. The highest BCUT2D eigenvalue weighted by atomic mass is 32.2. The molecule has 0 aliphatic carbocycles. The van der Waals surface area contributed by atoms with Gasteiger partial charge in [-0.3, -0.25) is 4.79 Å². The lowest BCUT2D eigenvalue weighted by Gasteiger charge is -2.26. The number of para-hydroxylation sites is 1. The molecule has 0 radical (unpaired) electrons. The van der Waals surface area contributed by atoms with E-state index >= 15 is 0 Å². The minimum Gasteiger partial charge on any atom is -0.287 e. The van der Waals surface area contributed by atoms with Gasteiger partial charge in [0.25, 0.3) is 10.0 Å². The average molecular weight is 601 g/mol. The molecule has 0 amide bonds. The number of hydrogen-bond acceptors (Lipinski definition) is 5. The van der Waals surface area contributed by atoms with Crippen molar-refractivity contribution in [3.8, 4) is 0 Å². The summed E-state index contributed by atoms with van der Waals surface area (Å²) in [6.45, 7) is -0.308. The molecule has 0 saturated heterocycles. The summed E-state index contributed by atoms with van der Waals surface area (Å²) < 4.78 is 71.7. The van der Waals surface area contributed by atoms with Gasteiger partial charge in [-0.05, 0) is 66.1 Å². The summed E-state index contributed by atoms with van der Waals surface area (Å²) in [4.78, 5) is 14.6. The Balaban J connectivity index is 1.61. The molecule has 4 aromatic carbocycles. The molecule has 1 aromatic heterocycles. The van der Waals surface area contributed by atoms with Crippen LogP contribution in [-0.4, -0.2) is 44.0 Å². The molecule has 10 heteroatoms. The van der Waals surface area contributed by atoms with Gasteiger partial charge in [-0.1, -0.05) is 66.7 Å². The Kier molecular flexibility index (Phi) is 7.14. The number of fused-ring (bicyclic) bond motifs is 3. The van der Waals surface area contributed by atoms with E-state index in [4.69, 9.17) is 0 Å². The van der Waals surface area contributed by atoms with Crippen molar-refractivity contribution in [2.75, 3.05) is 13.1 Å². The zero-order chi connectivity index (χ0) is 29.5. The van der Waals surface area contributed by atoms with E-state index in [1.165, 1.54) is 58.9 Å². The van der Waals surface area contributed by atoms with Crippen molar-refractivity contribution in [3.63, 3.8) is 0 Å². The maximum atomic E-state index is 14.5. The van der Waals surface area contributed by atoms with Crippen molar-refractivity contribution in [2.45, 2.75) is 16.2 Å². The number of ketones is 1. The van der Waals surface area contributed by atoms with E-state index in [2.05, 4.69) is 0 Å². The van der Waals surface area contributed by atoms with Crippen LogP contribution in [0.25, 0.3) is 17.0 Å². The van der Waals surface area contributed by atoms with Crippen LogP contribution >= 0.6 is 0 Å². The maximum absolute atomic E-state index is 14.5. The van der Waals surface area contributed by atoms with Crippen molar-refractivity contribution in [1.82, 2.24) is 8.28 Å². The molecule has 0 fully saturated rings. The third kappa shape index (κ3) is 4.87. The first-order valence-corrected chi connectivity index (χ1v) is 16.0. The minimum absolute atomic E-state index is 0.00232. The van der Waals surface area contributed by atoms with Gasteiger partial charge in [0, 0.05) is 24.0 Å². The maximum Gasteiger partial charge on any atom is 0.268 e. The van der Waals surface area contributed by atoms with Crippen LogP contribution in [0.3, 0.4) is 0 Å². The van der Waals surface area contributed by atoms with Gasteiger partial charge in [0.15, 0.2) is 0 Å². The lowest BCUT2D eigenvalue weighted by molar-refractivity contribution is 0.102. The van der Waals surface area contributed by atoms with Crippen LogP contribution in [-0.2, 0) is 26.5 Å². The predicted octanol–water partition coefficient (Wildman–Crippen LogP) is 5.53. The minimum atomic E-state index is -4.22. The fourth-order valence-corrected chi connectivity index (χ4v) is 8.26. The van der Waals surface area contributed by atoms with Gasteiger partial charge in [0.1, 0.15) is 11.5 Å². The van der Waals surface area contributed by atoms with Gasteiger partial charge in [0.2, 0.25) is 15.8 Å². The number of Topliss-reactive ketones (excluding diaryl/α,β-unsaturated/α-hetero) is 1. The normalized spacial score (nSPS) is 15.8. The molecule has 0 unspecified atom stereocenters. The molecule has 6 rings (SSSR count). The Morgan fingerprint density at radius 3 is 1.90 bits per heavy atom. The lowest BCUT2D eigenvalue weighted by atomic mass is 9.97. The van der Waals surface area contributed by atoms with Crippen LogP contribution < -0.4 is 0 Å². The SMILES string of the molecule is O=C1/C(=C/c2ccc(F)cc2)CN(S(=O)(=O)c2ccccc2)CCc2c1n(S(=O)(=O)c1ccccc1)c1ccccc21. The van der Waals surface area contributed by atoms with Crippen molar-refractivity contribution in [1.29, 1.82) is 0 Å². The van der Waals surface area contributed by atoms with Gasteiger partial charge >= 0.3 is 0 Å². The molecular weight excluding hydrogens is 575 g/mol. The number of aromatic nitrogens is 1. The quantitative estimate of drug-likeness (QED) is 0.247. The van der Waals surface area contributed by atoms with Crippen LogP contribution in [0.1, 0.15) is 21.6 Å². The van der Waals surface area contributed by atoms with Gasteiger partial charge in [-0.2, -0.15) is 4.31 Å². The Bertz CT molecular complexity index is 2050. The van der Waals surface area contributed by atoms with Crippen molar-refractivity contribution < 1.29 is 26.0 Å². The first-order chi connectivity index (χ1) is 20.2. The summed E-state index contributed by atoms with van der Waals surface area (Å²) in [5.41, 5.74) is 1.24. The number of carbonyl (C=O) groups excluding carboxylic acids is 1. The largest absolute Gasteiger partial charge is 0.287 e. The van der Waals surface area contributed by atoms with E-state index in [9.17, 15) is 26.0 Å². The zero-order valence-electron chi connectivity index (χ0n) is 22.2. The van der Waals surface area contributed by atoms with Gasteiger partial charge < -0.3 is 0 Å². The third-order valence-electron chi connectivity index (χ3n) is 7.27. The summed E-state index contributed by atoms with van der Waals surface area (Å²) in [6, 6.07) is 28.0. The number of halogens is 1. The number of sulfonamides is 1. The summed E-state index contributed by atoms with van der Waals surface area (Å²) >= 11 is 0. The third-order valence-corrected chi connectivity index (χ3v) is 10.9. The summed E-state index contributed by atoms with van der Waals surface area (Å²) in [5.74, 6) is -1.09. The van der Waals surface area contributed by atoms with E-state index in [0.717, 1.165) is 3.97 Å². The first-order valence-electron chi connectivity index (χ1n) is 13.2.